The Kier molecular flexibility index (Phi) is 49.0. The lowest BCUT2D eigenvalue weighted by atomic mass is 9.94. The molecule has 36 heteroatoms. The summed E-state index contributed by atoms with van der Waals surface area (Å²) >= 11 is 0. The normalized spacial score (nSPS) is 9.43. The van der Waals surface area contributed by atoms with Gasteiger partial charge in [0, 0.05) is 6.42 Å². The van der Waals surface area contributed by atoms with E-state index in [1.54, 1.807) is 0 Å². The number of rotatable bonds is 22. The first-order valence-electron chi connectivity index (χ1n) is 27.7. The zero-order chi connectivity index (χ0) is 76.8. The summed E-state index contributed by atoms with van der Waals surface area (Å²) in [6, 6.07) is 11.4. The smallest absolute Gasteiger partial charge is 0.338 e. The standard InChI is InChI=1S/C18H16O8.C14H14O8.C12H12O6.C11H16O8.C9H14O6.4CH4/c1-23-15(19)11-5-9-7-13(17(21)25-3)14(18(22)26-4)8-10(9)6-12(11)16(20)24-2;1-19-11(15)7-5-9(13(17)21-3)10(14(18)22-4)6-8(7)12(16)20-2;1-16-10(13)7-4-8(11(14)17-2)6-9(5-7)12(15)18-3;1-16-8(12)6(9(13)17-2)5-7(10(14)18-3)11(15)19-4;1-13-7(10)5-4-6(8(11)14-2)9(12)15-3;;;;/h5-8H,1-4H3;5-6H,1-4H3;4-6H,1-3H3;6-7H,5H2,1-4H3;6H,4-5H2,1-3H3;4*1H4. The Morgan fingerprint density at radius 1 is 0.221 bits per heavy atom. The first-order valence-corrected chi connectivity index (χ1v) is 27.7. The third-order valence-electron chi connectivity index (χ3n) is 13.0. The second-order valence-electron chi connectivity index (χ2n) is 18.4. The maximum absolute atomic E-state index is 12.0. The Bertz CT molecular complexity index is 3290. The summed E-state index contributed by atoms with van der Waals surface area (Å²) in [5.41, 5.74) is -0.860. The van der Waals surface area contributed by atoms with Crippen molar-refractivity contribution in [3.05, 3.63) is 116 Å². The summed E-state index contributed by atoms with van der Waals surface area (Å²) in [4.78, 5) is 208. The molecule has 0 spiro atoms. The molecule has 0 aromatic heterocycles. The fourth-order valence-electron chi connectivity index (χ4n) is 7.88. The molecule has 0 fully saturated rings. The van der Waals surface area contributed by atoms with Crippen molar-refractivity contribution in [2.45, 2.75) is 49.0 Å². The molecule has 0 aliphatic carbocycles. The van der Waals surface area contributed by atoms with Crippen molar-refractivity contribution in [2.75, 3.05) is 128 Å². The van der Waals surface area contributed by atoms with E-state index >= 15 is 0 Å². The third kappa shape index (κ3) is 28.7. The molecule has 4 aromatic carbocycles. The molecule has 0 atom stereocenters. The summed E-state index contributed by atoms with van der Waals surface area (Å²) in [6.07, 6.45) is -0.462. The number of esters is 18. The fourth-order valence-corrected chi connectivity index (χ4v) is 7.88. The van der Waals surface area contributed by atoms with Gasteiger partial charge in [0.1, 0.15) is 0 Å². The molecule has 4 rings (SSSR count). The fraction of sp³-hybridized carbons (Fsp3) is 0.412. The van der Waals surface area contributed by atoms with Gasteiger partial charge >= 0.3 is 107 Å². The van der Waals surface area contributed by atoms with Gasteiger partial charge < -0.3 is 85.3 Å². The SMILES string of the molecule is C.C.C.C.COC(=O)C(CC(C(=O)OC)C(=O)OC)C(=O)OC.COC(=O)CCC(C(=O)OC)C(=O)OC.COC(=O)c1cc(C(=O)OC)c(C(=O)OC)cc1C(=O)OC.COC(=O)c1cc(C(=O)OC)cc(C(=O)OC)c1.COC(=O)c1cc2cc(C(=O)OC)c(C(=O)OC)cc2cc1C(=O)OC. The van der Waals surface area contributed by atoms with Gasteiger partial charge in [-0.15, -0.1) is 0 Å². The van der Waals surface area contributed by atoms with Crippen LogP contribution in [-0.4, -0.2) is 235 Å². The van der Waals surface area contributed by atoms with E-state index in [-0.39, 0.29) is 104 Å². The van der Waals surface area contributed by atoms with Crippen LogP contribution in [0.4, 0.5) is 0 Å². The van der Waals surface area contributed by atoms with Crippen molar-refractivity contribution in [3.63, 3.8) is 0 Å². The predicted molar refractivity (Wildman–Crippen MR) is 357 cm³/mol. The molecule has 0 amide bonds. The lowest BCUT2D eigenvalue weighted by Gasteiger charge is -2.17. The van der Waals surface area contributed by atoms with Crippen LogP contribution < -0.4 is 0 Å². The van der Waals surface area contributed by atoms with Crippen LogP contribution in [0.25, 0.3) is 10.8 Å². The van der Waals surface area contributed by atoms with Crippen molar-refractivity contribution >= 4 is 118 Å². The van der Waals surface area contributed by atoms with Gasteiger partial charge in [-0.2, -0.15) is 0 Å². The molecule has 0 saturated carbocycles. The highest BCUT2D eigenvalue weighted by molar-refractivity contribution is 6.13. The monoisotopic (exact) mass is 1480 g/mol. The average molecular weight is 1480 g/mol. The van der Waals surface area contributed by atoms with E-state index < -0.39 is 132 Å². The Hall–Kier alpha value is -12.4. The van der Waals surface area contributed by atoms with Crippen LogP contribution in [0.1, 0.15) is 163 Å². The van der Waals surface area contributed by atoms with Crippen molar-refractivity contribution < 1.29 is 172 Å². The summed E-state index contributed by atoms with van der Waals surface area (Å²) in [5, 5.41) is 0.845. The lowest BCUT2D eigenvalue weighted by molar-refractivity contribution is -0.165. The van der Waals surface area contributed by atoms with Gasteiger partial charge in [-0.3, -0.25) is 33.6 Å². The van der Waals surface area contributed by atoms with Gasteiger partial charge in [0.25, 0.3) is 0 Å². The minimum atomic E-state index is -1.40. The average Bonchev–Trinajstić information content (AvgIpc) is 0.783. The van der Waals surface area contributed by atoms with E-state index in [0.717, 1.165) is 83.2 Å². The number of hydrogen-bond acceptors (Lipinski definition) is 36. The van der Waals surface area contributed by atoms with E-state index in [0.29, 0.717) is 10.8 Å². The number of carbonyl (C=O) groups is 18. The Morgan fingerprint density at radius 2 is 0.394 bits per heavy atom. The molecule has 4 aromatic rings. The molecule has 0 radical (unpaired) electrons. The Morgan fingerprint density at radius 3 is 0.558 bits per heavy atom. The van der Waals surface area contributed by atoms with Crippen LogP contribution in [0.5, 0.6) is 0 Å². The molecule has 0 heterocycles. The van der Waals surface area contributed by atoms with Crippen LogP contribution in [0.2, 0.25) is 0 Å². The summed E-state index contributed by atoms with van der Waals surface area (Å²) in [5.74, 6) is -17.9. The van der Waals surface area contributed by atoms with E-state index in [2.05, 4.69) is 85.3 Å². The van der Waals surface area contributed by atoms with Crippen LogP contribution in [-0.2, 0) is 119 Å². The molecular formula is C68H88O36. The second kappa shape index (κ2) is 50.8. The van der Waals surface area contributed by atoms with Crippen molar-refractivity contribution in [2.24, 2.45) is 17.8 Å². The zero-order valence-electron chi connectivity index (χ0n) is 57.2. The molecule has 0 aliphatic heterocycles. The zero-order valence-corrected chi connectivity index (χ0v) is 57.2. The maximum Gasteiger partial charge on any atom is 0.338 e. The third-order valence-corrected chi connectivity index (χ3v) is 13.0. The minimum Gasteiger partial charge on any atom is -0.469 e. The maximum atomic E-state index is 12.0. The van der Waals surface area contributed by atoms with Gasteiger partial charge in [0.2, 0.25) is 0 Å². The van der Waals surface area contributed by atoms with E-state index in [1.165, 1.54) is 99.3 Å². The lowest BCUT2D eigenvalue weighted by Crippen LogP contribution is -2.35. The molecule has 0 unspecified atom stereocenters. The quantitative estimate of drug-likeness (QED) is 0.0524. The molecule has 0 saturated heterocycles. The first-order chi connectivity index (χ1) is 47.3. The minimum absolute atomic E-state index is 0. The molecular weight excluding hydrogens is 1390 g/mol. The topological polar surface area (TPSA) is 473 Å². The van der Waals surface area contributed by atoms with Gasteiger partial charge in [0.05, 0.1) is 189 Å². The Labute approximate surface area is 598 Å². The predicted octanol–water partition coefficient (Wildman–Crippen LogP) is 5.61. The number of fused-ring (bicyclic) bond motifs is 1. The summed E-state index contributed by atoms with van der Waals surface area (Å²) in [7, 11) is 20.6. The van der Waals surface area contributed by atoms with Crippen molar-refractivity contribution in [1.29, 1.82) is 0 Å². The number of ether oxygens (including phenoxy) is 18. The highest BCUT2D eigenvalue weighted by Crippen LogP contribution is 2.28. The van der Waals surface area contributed by atoms with Crippen molar-refractivity contribution in [3.8, 4) is 0 Å². The number of carbonyl (C=O) groups excluding carboxylic acids is 18. The van der Waals surface area contributed by atoms with Crippen LogP contribution in [0.3, 0.4) is 0 Å². The number of methoxy groups -OCH3 is 18. The molecule has 0 aliphatic rings. The Balaban J connectivity index is -0.000000394. The molecule has 36 nitrogen and oxygen atoms in total. The van der Waals surface area contributed by atoms with Crippen molar-refractivity contribution in [1.82, 2.24) is 0 Å². The summed E-state index contributed by atoms with van der Waals surface area (Å²) < 4.78 is 81.4. The van der Waals surface area contributed by atoms with Crippen LogP contribution in [0, 0.1) is 17.8 Å². The highest BCUT2D eigenvalue weighted by Gasteiger charge is 2.39. The van der Waals surface area contributed by atoms with Crippen LogP contribution >= 0.6 is 0 Å². The highest BCUT2D eigenvalue weighted by atomic mass is 16.6. The molecule has 576 valence electrons. The van der Waals surface area contributed by atoms with E-state index in [4.69, 9.17) is 0 Å². The largest absolute Gasteiger partial charge is 0.469 e. The number of hydrogen-bond donors (Lipinski definition) is 0. The van der Waals surface area contributed by atoms with E-state index in [1.807, 2.05) is 0 Å². The van der Waals surface area contributed by atoms with Gasteiger partial charge in [-0.05, 0) is 78.2 Å². The van der Waals surface area contributed by atoms with Gasteiger partial charge in [-0.25, -0.2) is 52.7 Å². The summed E-state index contributed by atoms with van der Waals surface area (Å²) in [6.45, 7) is 0. The second-order valence-corrected chi connectivity index (χ2v) is 18.4. The molecule has 0 N–H and O–H groups in total. The number of benzene rings is 4. The van der Waals surface area contributed by atoms with Gasteiger partial charge in [-0.1, -0.05) is 29.7 Å². The first kappa shape index (κ1) is 100. The van der Waals surface area contributed by atoms with Gasteiger partial charge in [0.15, 0.2) is 17.8 Å². The molecule has 104 heavy (non-hydrogen) atoms. The van der Waals surface area contributed by atoms with E-state index in [9.17, 15) is 86.3 Å². The van der Waals surface area contributed by atoms with Crippen LogP contribution in [0.15, 0.2) is 54.6 Å². The molecule has 0 bridgehead atoms.